The van der Waals surface area contributed by atoms with E-state index in [2.05, 4.69) is 36.8 Å². The maximum atomic E-state index is 2.45. The van der Waals surface area contributed by atoms with Crippen LogP contribution < -0.4 is 0 Å². The molecule has 0 unspecified atom stereocenters. The molecule has 12 heavy (non-hydrogen) atoms. The lowest BCUT2D eigenvalue weighted by Crippen LogP contribution is -2.31. The first-order chi connectivity index (χ1) is 5.77. The number of rotatable bonds is 3. The lowest BCUT2D eigenvalue weighted by Gasteiger charge is -2.30. The van der Waals surface area contributed by atoms with Crippen LogP contribution in [0.15, 0.2) is 11.8 Å². The molecule has 0 aliphatic carbocycles. The molecule has 1 rings (SSSR count). The molecule has 1 aliphatic heterocycles. The summed E-state index contributed by atoms with van der Waals surface area (Å²) in [7, 11) is 2.18. The van der Waals surface area contributed by atoms with Crippen molar-refractivity contribution in [2.75, 3.05) is 33.2 Å². The predicted molar refractivity (Wildman–Crippen MR) is 53.1 cm³/mol. The van der Waals surface area contributed by atoms with Gasteiger partial charge in [-0.3, -0.25) is 0 Å². The maximum absolute atomic E-state index is 2.45. The number of hydrogen-bond donors (Lipinski definition) is 0. The zero-order valence-corrected chi connectivity index (χ0v) is 8.51. The molecular weight excluding hydrogens is 148 g/mol. The molecule has 0 aromatic rings. The van der Waals surface area contributed by atoms with Gasteiger partial charge in [0.2, 0.25) is 0 Å². The van der Waals surface area contributed by atoms with Crippen molar-refractivity contribution in [1.82, 2.24) is 9.80 Å². The van der Waals surface area contributed by atoms with Gasteiger partial charge in [0.1, 0.15) is 0 Å². The fourth-order valence-corrected chi connectivity index (χ4v) is 1.68. The third-order valence-electron chi connectivity index (χ3n) is 2.56. The Labute approximate surface area is 75.8 Å². The Kier molecular flexibility index (Phi) is 3.60. The van der Waals surface area contributed by atoms with E-state index in [1.165, 1.54) is 18.7 Å². The molecule has 0 atom stereocenters. The summed E-state index contributed by atoms with van der Waals surface area (Å²) in [4.78, 5) is 4.81. The molecule has 2 nitrogen and oxygen atoms in total. The summed E-state index contributed by atoms with van der Waals surface area (Å²) < 4.78 is 0. The molecule has 0 aromatic heterocycles. The van der Waals surface area contributed by atoms with Crippen molar-refractivity contribution in [1.29, 1.82) is 0 Å². The summed E-state index contributed by atoms with van der Waals surface area (Å²) in [5, 5.41) is 0. The first-order valence-corrected chi connectivity index (χ1v) is 4.90. The lowest BCUT2D eigenvalue weighted by atomic mass is 10.2. The number of hydrogen-bond acceptors (Lipinski definition) is 2. The van der Waals surface area contributed by atoms with Crippen molar-refractivity contribution < 1.29 is 0 Å². The highest BCUT2D eigenvalue weighted by atomic mass is 15.2. The van der Waals surface area contributed by atoms with Gasteiger partial charge in [0.25, 0.3) is 0 Å². The average molecular weight is 168 g/mol. The molecule has 1 heterocycles. The summed E-state index contributed by atoms with van der Waals surface area (Å²) in [6, 6.07) is 0. The van der Waals surface area contributed by atoms with Crippen LogP contribution in [0.5, 0.6) is 0 Å². The van der Waals surface area contributed by atoms with Crippen LogP contribution >= 0.6 is 0 Å². The fraction of sp³-hybridized carbons (Fsp3) is 0.800. The van der Waals surface area contributed by atoms with E-state index in [1.807, 2.05) is 0 Å². The predicted octanol–water partition coefficient (Wildman–Crippen LogP) is 1.55. The number of likely N-dealkylation sites (N-methyl/N-ethyl adjacent to an activating group) is 1. The zero-order valence-electron chi connectivity index (χ0n) is 8.51. The summed E-state index contributed by atoms with van der Waals surface area (Å²) in [5.41, 5.74) is 1.54. The van der Waals surface area contributed by atoms with Crippen LogP contribution in [0.3, 0.4) is 0 Å². The molecule has 0 saturated heterocycles. The van der Waals surface area contributed by atoms with Gasteiger partial charge in [0.15, 0.2) is 0 Å². The second-order valence-corrected chi connectivity index (χ2v) is 3.38. The molecule has 1 aliphatic rings. The van der Waals surface area contributed by atoms with Crippen molar-refractivity contribution in [3.05, 3.63) is 11.8 Å². The molecule has 0 aromatic carbocycles. The van der Waals surface area contributed by atoms with Gasteiger partial charge in [-0.2, -0.15) is 0 Å². The van der Waals surface area contributed by atoms with E-state index in [-0.39, 0.29) is 0 Å². The quantitative estimate of drug-likeness (QED) is 0.631. The van der Waals surface area contributed by atoms with Crippen molar-refractivity contribution in [2.45, 2.75) is 20.3 Å². The van der Waals surface area contributed by atoms with E-state index < -0.39 is 0 Å². The Balaban J connectivity index is 2.50. The van der Waals surface area contributed by atoms with Crippen LogP contribution in [-0.4, -0.2) is 43.0 Å². The van der Waals surface area contributed by atoms with Crippen molar-refractivity contribution in [2.24, 2.45) is 0 Å². The van der Waals surface area contributed by atoms with Gasteiger partial charge in [-0.1, -0.05) is 6.08 Å². The van der Waals surface area contributed by atoms with Gasteiger partial charge in [0.05, 0.1) is 0 Å². The standard InChI is InChI=1S/C10H20N2/c1-4-12(5-2)10-6-8-11(3)9-7-10/h6H,4-5,7-9H2,1-3H3. The molecule has 70 valence electrons. The molecule has 0 fully saturated rings. The molecule has 0 amide bonds. The van der Waals surface area contributed by atoms with Gasteiger partial charge >= 0.3 is 0 Å². The molecular formula is C10H20N2. The molecule has 0 N–H and O–H groups in total. The number of nitrogens with zero attached hydrogens (tertiary/aromatic N) is 2. The second-order valence-electron chi connectivity index (χ2n) is 3.38. The molecule has 0 bridgehead atoms. The third-order valence-corrected chi connectivity index (χ3v) is 2.56. The Morgan fingerprint density at radius 1 is 1.42 bits per heavy atom. The normalized spacial score (nSPS) is 19.1. The lowest BCUT2D eigenvalue weighted by molar-refractivity contribution is 0.298. The van der Waals surface area contributed by atoms with Gasteiger partial charge in [-0.25, -0.2) is 0 Å². The van der Waals surface area contributed by atoms with Crippen molar-refractivity contribution in [3.8, 4) is 0 Å². The zero-order chi connectivity index (χ0) is 8.97. The largest absolute Gasteiger partial charge is 0.376 e. The molecule has 0 radical (unpaired) electrons. The van der Waals surface area contributed by atoms with E-state index >= 15 is 0 Å². The van der Waals surface area contributed by atoms with Gasteiger partial charge in [0, 0.05) is 31.9 Å². The fourth-order valence-electron chi connectivity index (χ4n) is 1.68. The first-order valence-electron chi connectivity index (χ1n) is 4.90. The van der Waals surface area contributed by atoms with Crippen LogP contribution in [0.25, 0.3) is 0 Å². The van der Waals surface area contributed by atoms with Crippen molar-refractivity contribution >= 4 is 0 Å². The Hall–Kier alpha value is -0.500. The van der Waals surface area contributed by atoms with Crippen LogP contribution in [-0.2, 0) is 0 Å². The summed E-state index contributed by atoms with van der Waals surface area (Å²) in [6.45, 7) is 9.07. The van der Waals surface area contributed by atoms with Gasteiger partial charge < -0.3 is 9.80 Å². The van der Waals surface area contributed by atoms with E-state index in [4.69, 9.17) is 0 Å². The Morgan fingerprint density at radius 2 is 2.08 bits per heavy atom. The maximum Gasteiger partial charge on any atom is 0.0180 e. The van der Waals surface area contributed by atoms with Crippen LogP contribution in [0.1, 0.15) is 20.3 Å². The van der Waals surface area contributed by atoms with E-state index in [0.717, 1.165) is 19.6 Å². The van der Waals surface area contributed by atoms with Crippen molar-refractivity contribution in [3.63, 3.8) is 0 Å². The molecule has 2 heteroatoms. The summed E-state index contributed by atoms with van der Waals surface area (Å²) >= 11 is 0. The highest BCUT2D eigenvalue weighted by Gasteiger charge is 2.11. The van der Waals surface area contributed by atoms with E-state index in [1.54, 1.807) is 0 Å². The minimum Gasteiger partial charge on any atom is -0.376 e. The van der Waals surface area contributed by atoms with E-state index in [9.17, 15) is 0 Å². The molecule has 0 spiro atoms. The molecule has 0 saturated carbocycles. The Bertz CT molecular complexity index is 159. The van der Waals surface area contributed by atoms with Crippen LogP contribution in [0.2, 0.25) is 0 Å². The van der Waals surface area contributed by atoms with Crippen LogP contribution in [0.4, 0.5) is 0 Å². The van der Waals surface area contributed by atoms with Crippen LogP contribution in [0, 0.1) is 0 Å². The summed E-state index contributed by atoms with van der Waals surface area (Å²) in [5.74, 6) is 0. The van der Waals surface area contributed by atoms with Gasteiger partial charge in [-0.15, -0.1) is 0 Å². The first kappa shape index (κ1) is 9.59. The monoisotopic (exact) mass is 168 g/mol. The van der Waals surface area contributed by atoms with Gasteiger partial charge in [-0.05, 0) is 27.3 Å². The minimum atomic E-state index is 1.12. The Morgan fingerprint density at radius 3 is 2.50 bits per heavy atom. The minimum absolute atomic E-state index is 1.12. The van der Waals surface area contributed by atoms with E-state index in [0.29, 0.717) is 0 Å². The average Bonchev–Trinajstić information content (AvgIpc) is 2.10. The summed E-state index contributed by atoms with van der Waals surface area (Å²) in [6.07, 6.45) is 3.58. The smallest absolute Gasteiger partial charge is 0.0180 e. The second kappa shape index (κ2) is 4.51. The highest BCUT2D eigenvalue weighted by Crippen LogP contribution is 2.13. The topological polar surface area (TPSA) is 6.48 Å². The SMILES string of the molecule is CCN(CC)C1=CCN(C)CC1. The highest BCUT2D eigenvalue weighted by molar-refractivity contribution is 5.05. The third kappa shape index (κ3) is 2.24.